The minimum Gasteiger partial charge on any atom is -0.494 e. The van der Waals surface area contributed by atoms with Gasteiger partial charge in [-0.05, 0) is 24.5 Å². The van der Waals surface area contributed by atoms with Crippen LogP contribution in [0.3, 0.4) is 0 Å². The monoisotopic (exact) mass is 305 g/mol. The lowest BCUT2D eigenvalue weighted by atomic mass is 10.0. The number of aromatic amines is 1. The van der Waals surface area contributed by atoms with Gasteiger partial charge >= 0.3 is 6.09 Å². The van der Waals surface area contributed by atoms with E-state index in [0.29, 0.717) is 34.6 Å². The highest BCUT2D eigenvalue weighted by Crippen LogP contribution is 2.28. The molecule has 3 N–H and O–H groups in total. The Morgan fingerprint density at radius 1 is 1.50 bits per heavy atom. The molecule has 7 nitrogen and oxygen atoms in total. The molecule has 0 bridgehead atoms. The summed E-state index contributed by atoms with van der Waals surface area (Å²) in [4.78, 5) is 29.5. The summed E-state index contributed by atoms with van der Waals surface area (Å²) in [5, 5.41) is 11.5. The number of amides is 1. The third-order valence-electron chi connectivity index (χ3n) is 3.28. The maximum absolute atomic E-state index is 11.0. The van der Waals surface area contributed by atoms with Gasteiger partial charge in [0.05, 0.1) is 18.7 Å². The van der Waals surface area contributed by atoms with Crippen molar-refractivity contribution in [3.05, 3.63) is 23.5 Å². The average molecular weight is 305 g/mol. The van der Waals surface area contributed by atoms with E-state index < -0.39 is 12.1 Å². The number of nitrogens with one attached hydrogen (secondary N) is 2. The number of hydrogen-bond donors (Lipinski definition) is 3. The second-order valence-electron chi connectivity index (χ2n) is 5.49. The Balaban J connectivity index is 2.49. The molecule has 0 aliphatic rings. The molecule has 2 aromatic rings. The molecule has 22 heavy (non-hydrogen) atoms. The van der Waals surface area contributed by atoms with Crippen LogP contribution in [0.15, 0.2) is 12.1 Å². The highest BCUT2D eigenvalue weighted by Gasteiger charge is 2.20. The van der Waals surface area contributed by atoms with E-state index in [-0.39, 0.29) is 5.92 Å². The molecule has 0 spiro atoms. The summed E-state index contributed by atoms with van der Waals surface area (Å²) in [6.07, 6.45) is 0.227. The molecule has 1 aromatic heterocycles. The number of H-pyrrole nitrogens is 1. The smallest absolute Gasteiger partial charge is 0.405 e. The molecular weight excluding hydrogens is 286 g/mol. The van der Waals surface area contributed by atoms with Crippen LogP contribution in [-0.2, 0) is 0 Å². The highest BCUT2D eigenvalue weighted by molar-refractivity contribution is 5.89. The fourth-order valence-electron chi connectivity index (χ4n) is 2.37. The van der Waals surface area contributed by atoms with Crippen LogP contribution in [-0.4, -0.2) is 34.6 Å². The number of aldehydes is 1. The van der Waals surface area contributed by atoms with Gasteiger partial charge in [0, 0.05) is 5.56 Å². The van der Waals surface area contributed by atoms with Crippen molar-refractivity contribution < 1.29 is 19.4 Å². The van der Waals surface area contributed by atoms with Gasteiger partial charge < -0.3 is 20.1 Å². The van der Waals surface area contributed by atoms with Crippen LogP contribution in [0.4, 0.5) is 4.79 Å². The Morgan fingerprint density at radius 3 is 2.77 bits per heavy atom. The topological polar surface area (TPSA) is 104 Å². The molecule has 0 radical (unpaired) electrons. The number of imidazole rings is 1. The number of hydrogen-bond acceptors (Lipinski definition) is 4. The second-order valence-corrected chi connectivity index (χ2v) is 5.49. The summed E-state index contributed by atoms with van der Waals surface area (Å²) in [5.41, 5.74) is 1.67. The fraction of sp³-hybridized carbons (Fsp3) is 0.400. The molecule has 0 saturated carbocycles. The van der Waals surface area contributed by atoms with Crippen molar-refractivity contribution in [2.75, 3.05) is 7.11 Å². The first-order valence-corrected chi connectivity index (χ1v) is 6.96. The van der Waals surface area contributed by atoms with Gasteiger partial charge in [0.25, 0.3) is 0 Å². The maximum Gasteiger partial charge on any atom is 0.405 e. The van der Waals surface area contributed by atoms with Crippen LogP contribution in [0.2, 0.25) is 0 Å². The van der Waals surface area contributed by atoms with E-state index in [4.69, 9.17) is 9.84 Å². The van der Waals surface area contributed by atoms with E-state index in [1.54, 1.807) is 12.1 Å². The molecule has 1 atom stereocenters. The SMILES string of the molecule is COc1cc(C=O)cc2[nH]c(C(CC(C)C)NC(=O)O)nc12. The summed E-state index contributed by atoms with van der Waals surface area (Å²) in [6, 6.07) is 2.81. The first kappa shape index (κ1) is 15.8. The van der Waals surface area contributed by atoms with E-state index >= 15 is 0 Å². The number of carbonyl (C=O) groups excluding carboxylic acids is 1. The van der Waals surface area contributed by atoms with E-state index in [2.05, 4.69) is 15.3 Å². The Labute approximate surface area is 127 Å². The minimum absolute atomic E-state index is 0.289. The zero-order chi connectivity index (χ0) is 16.3. The number of ether oxygens (including phenoxy) is 1. The summed E-state index contributed by atoms with van der Waals surface area (Å²) < 4.78 is 5.25. The summed E-state index contributed by atoms with van der Waals surface area (Å²) in [5.74, 6) is 1.27. The van der Waals surface area contributed by atoms with E-state index in [1.165, 1.54) is 7.11 Å². The fourth-order valence-corrected chi connectivity index (χ4v) is 2.37. The second kappa shape index (κ2) is 6.46. The van der Waals surface area contributed by atoms with Crippen molar-refractivity contribution in [1.29, 1.82) is 0 Å². The van der Waals surface area contributed by atoms with Crippen molar-refractivity contribution in [3.8, 4) is 5.75 Å². The molecule has 2 rings (SSSR count). The summed E-state index contributed by atoms with van der Waals surface area (Å²) in [7, 11) is 1.50. The Kier molecular flexibility index (Phi) is 4.65. The first-order chi connectivity index (χ1) is 10.4. The molecule has 0 saturated heterocycles. The number of rotatable bonds is 6. The number of benzene rings is 1. The quantitative estimate of drug-likeness (QED) is 0.712. The van der Waals surface area contributed by atoms with Crippen molar-refractivity contribution >= 4 is 23.4 Å². The lowest BCUT2D eigenvalue weighted by molar-refractivity contribution is 0.112. The van der Waals surface area contributed by atoms with E-state index in [0.717, 1.165) is 6.29 Å². The lowest BCUT2D eigenvalue weighted by Crippen LogP contribution is -2.28. The molecule has 118 valence electrons. The van der Waals surface area contributed by atoms with Crippen LogP contribution in [0.1, 0.15) is 42.5 Å². The van der Waals surface area contributed by atoms with Gasteiger partial charge in [-0.15, -0.1) is 0 Å². The van der Waals surface area contributed by atoms with Crippen LogP contribution in [0.25, 0.3) is 11.0 Å². The third kappa shape index (κ3) is 3.36. The molecule has 7 heteroatoms. The Morgan fingerprint density at radius 2 is 2.23 bits per heavy atom. The minimum atomic E-state index is -1.10. The van der Waals surface area contributed by atoms with Gasteiger partial charge in [0.2, 0.25) is 0 Å². The molecule has 1 unspecified atom stereocenters. The van der Waals surface area contributed by atoms with Gasteiger partial charge in [-0.25, -0.2) is 9.78 Å². The number of carboxylic acid groups (broad SMARTS) is 1. The largest absolute Gasteiger partial charge is 0.494 e. The number of carbonyl (C=O) groups is 2. The normalized spacial score (nSPS) is 12.4. The molecule has 1 heterocycles. The van der Waals surface area contributed by atoms with Crippen LogP contribution in [0.5, 0.6) is 5.75 Å². The molecule has 1 aromatic carbocycles. The van der Waals surface area contributed by atoms with Crippen LogP contribution >= 0.6 is 0 Å². The Hall–Kier alpha value is -2.57. The number of nitrogens with zero attached hydrogens (tertiary/aromatic N) is 1. The molecular formula is C15H19N3O4. The molecule has 0 fully saturated rings. The van der Waals surface area contributed by atoms with E-state index in [1.807, 2.05) is 13.8 Å². The van der Waals surface area contributed by atoms with Crippen molar-refractivity contribution in [2.24, 2.45) is 5.92 Å². The summed E-state index contributed by atoms with van der Waals surface area (Å²) in [6.45, 7) is 4.01. The third-order valence-corrected chi connectivity index (χ3v) is 3.28. The number of methoxy groups -OCH3 is 1. The molecule has 0 aliphatic heterocycles. The molecule has 0 aliphatic carbocycles. The zero-order valence-corrected chi connectivity index (χ0v) is 12.7. The number of fused-ring (bicyclic) bond motifs is 1. The summed E-state index contributed by atoms with van der Waals surface area (Å²) >= 11 is 0. The molecule has 1 amide bonds. The van der Waals surface area contributed by atoms with Crippen molar-refractivity contribution in [2.45, 2.75) is 26.3 Å². The Bertz CT molecular complexity index is 693. The van der Waals surface area contributed by atoms with Crippen molar-refractivity contribution in [1.82, 2.24) is 15.3 Å². The highest BCUT2D eigenvalue weighted by atomic mass is 16.5. The standard InChI is InChI=1S/C15H19N3O4/c1-8(2)4-11(17-15(20)21)14-16-10-5-9(7-19)6-12(22-3)13(10)18-14/h5-8,11,17H,4H2,1-3H3,(H,16,18)(H,20,21). The number of aromatic nitrogens is 2. The van der Waals surface area contributed by atoms with Gasteiger partial charge in [0.1, 0.15) is 23.4 Å². The van der Waals surface area contributed by atoms with Gasteiger partial charge in [-0.1, -0.05) is 13.8 Å². The predicted octanol–water partition coefficient (Wildman–Crippen LogP) is 2.74. The van der Waals surface area contributed by atoms with Crippen LogP contribution < -0.4 is 10.1 Å². The maximum atomic E-state index is 11.0. The van der Waals surface area contributed by atoms with Gasteiger partial charge in [-0.2, -0.15) is 0 Å². The zero-order valence-electron chi connectivity index (χ0n) is 12.7. The van der Waals surface area contributed by atoms with E-state index in [9.17, 15) is 9.59 Å². The average Bonchev–Trinajstić information content (AvgIpc) is 2.88. The van der Waals surface area contributed by atoms with Gasteiger partial charge in [0.15, 0.2) is 0 Å². The van der Waals surface area contributed by atoms with Crippen molar-refractivity contribution in [3.63, 3.8) is 0 Å². The lowest BCUT2D eigenvalue weighted by Gasteiger charge is -2.16. The van der Waals surface area contributed by atoms with Gasteiger partial charge in [-0.3, -0.25) is 4.79 Å². The van der Waals surface area contributed by atoms with Crippen LogP contribution in [0, 0.1) is 5.92 Å². The first-order valence-electron chi connectivity index (χ1n) is 6.96. The predicted molar refractivity (Wildman–Crippen MR) is 81.4 cm³/mol.